The second kappa shape index (κ2) is 11.1. The van der Waals surface area contributed by atoms with Crippen LogP contribution in [0.4, 0.5) is 0 Å². The van der Waals surface area contributed by atoms with E-state index in [9.17, 15) is 0 Å². The van der Waals surface area contributed by atoms with E-state index in [2.05, 4.69) is 193 Å². The zero-order valence-corrected chi connectivity index (χ0v) is 26.8. The average Bonchev–Trinajstić information content (AvgIpc) is 3.51. The Balaban J connectivity index is 1.19. The molecule has 9 aromatic carbocycles. The molecule has 0 aliphatic rings. The normalized spacial score (nSPS) is 11.7. The summed E-state index contributed by atoms with van der Waals surface area (Å²) in [6.45, 7) is 0. The first-order valence-corrected chi connectivity index (χ1v) is 16.9. The van der Waals surface area contributed by atoms with Gasteiger partial charge in [-0.1, -0.05) is 152 Å². The van der Waals surface area contributed by atoms with Gasteiger partial charge in [0.05, 0.1) is 11.0 Å². The maximum Gasteiger partial charge on any atom is 0.0541 e. The second-order valence-corrected chi connectivity index (χ2v) is 12.9. The minimum atomic E-state index is 1.16. The lowest BCUT2D eigenvalue weighted by molar-refractivity contribution is 1.18. The van der Waals surface area contributed by atoms with Crippen LogP contribution in [0.15, 0.2) is 188 Å². The molecule has 0 bridgehead atoms. The predicted molar refractivity (Wildman–Crippen MR) is 210 cm³/mol. The molecule has 1 nitrogen and oxygen atoms in total. The molecule has 0 amide bonds. The summed E-state index contributed by atoms with van der Waals surface area (Å²) in [6, 6.07) is 68.8. The fourth-order valence-corrected chi connectivity index (χ4v) is 7.96. The predicted octanol–water partition coefficient (Wildman–Crippen LogP) is 13.2. The van der Waals surface area contributed by atoms with Crippen molar-refractivity contribution in [3.8, 4) is 39.1 Å². The van der Waals surface area contributed by atoms with Gasteiger partial charge in [-0.05, 0) is 102 Å². The first kappa shape index (κ1) is 27.7. The monoisotopic (exact) mass is 621 g/mol. The molecule has 10 rings (SSSR count). The van der Waals surface area contributed by atoms with Gasteiger partial charge in [0.1, 0.15) is 0 Å². The number of aromatic nitrogens is 1. The molecule has 0 saturated carbocycles. The smallest absolute Gasteiger partial charge is 0.0541 e. The highest BCUT2D eigenvalue weighted by Gasteiger charge is 2.18. The zero-order valence-electron chi connectivity index (χ0n) is 26.8. The number of hydrogen-bond acceptors (Lipinski definition) is 0. The fourth-order valence-electron chi connectivity index (χ4n) is 7.96. The van der Waals surface area contributed by atoms with Crippen LogP contribution in [0.25, 0.3) is 93.2 Å². The largest absolute Gasteiger partial charge is 0.309 e. The molecule has 0 atom stereocenters. The summed E-state index contributed by atoms with van der Waals surface area (Å²) in [5, 5.41) is 10.1. The Morgan fingerprint density at radius 1 is 0.265 bits per heavy atom. The van der Waals surface area contributed by atoms with Crippen molar-refractivity contribution in [2.75, 3.05) is 0 Å². The van der Waals surface area contributed by atoms with Crippen molar-refractivity contribution in [3.63, 3.8) is 0 Å². The number of para-hydroxylation sites is 1. The topological polar surface area (TPSA) is 4.93 Å². The summed E-state index contributed by atoms with van der Waals surface area (Å²) in [5.74, 6) is 0. The third kappa shape index (κ3) is 4.40. The van der Waals surface area contributed by atoms with E-state index in [1.807, 2.05) is 0 Å². The lowest BCUT2D eigenvalue weighted by Crippen LogP contribution is -1.95. The summed E-state index contributed by atoms with van der Waals surface area (Å²) in [5.41, 5.74) is 11.0. The van der Waals surface area contributed by atoms with Gasteiger partial charge in [0.2, 0.25) is 0 Å². The summed E-state index contributed by atoms with van der Waals surface area (Å²) in [6.07, 6.45) is 0. The number of fused-ring (bicyclic) bond motifs is 6. The summed E-state index contributed by atoms with van der Waals surface area (Å²) >= 11 is 0. The Labute approximate surface area is 284 Å². The van der Waals surface area contributed by atoms with Gasteiger partial charge in [-0.2, -0.15) is 0 Å². The van der Waals surface area contributed by atoms with Gasteiger partial charge in [-0.25, -0.2) is 0 Å². The van der Waals surface area contributed by atoms with Crippen molar-refractivity contribution < 1.29 is 0 Å². The highest BCUT2D eigenvalue weighted by atomic mass is 15.0. The molecular weight excluding hydrogens is 591 g/mol. The maximum atomic E-state index is 2.43. The SMILES string of the molecule is c1ccc(-c2c3ccccc3c(-c3cccc(-n4c5ccccc5c5cc(-c6ccc7ccccc7c6)ccc54)c3)c3ccccc23)cc1. The Kier molecular flexibility index (Phi) is 6.25. The molecule has 0 spiro atoms. The molecule has 0 saturated heterocycles. The summed E-state index contributed by atoms with van der Waals surface area (Å²) in [4.78, 5) is 0. The highest BCUT2D eigenvalue weighted by Crippen LogP contribution is 2.44. The Hall–Kier alpha value is -6.44. The molecule has 1 heteroatoms. The van der Waals surface area contributed by atoms with Gasteiger partial charge in [-0.3, -0.25) is 0 Å². The van der Waals surface area contributed by atoms with Crippen LogP contribution in [0.5, 0.6) is 0 Å². The van der Waals surface area contributed by atoms with Crippen molar-refractivity contribution in [1.29, 1.82) is 0 Å². The van der Waals surface area contributed by atoms with Crippen LogP contribution in [0.2, 0.25) is 0 Å². The lowest BCUT2D eigenvalue weighted by Gasteiger charge is -2.18. The number of rotatable bonds is 4. The third-order valence-electron chi connectivity index (χ3n) is 10.1. The number of benzene rings is 9. The van der Waals surface area contributed by atoms with E-state index in [0.717, 1.165) is 5.69 Å². The van der Waals surface area contributed by atoms with Crippen LogP contribution in [-0.4, -0.2) is 4.57 Å². The molecule has 1 aromatic heterocycles. The zero-order chi connectivity index (χ0) is 32.3. The number of hydrogen-bond donors (Lipinski definition) is 0. The van der Waals surface area contributed by atoms with E-state index in [1.54, 1.807) is 0 Å². The van der Waals surface area contributed by atoms with Crippen LogP contribution >= 0.6 is 0 Å². The Bertz CT molecular complexity index is 2820. The van der Waals surface area contributed by atoms with Gasteiger partial charge in [0.25, 0.3) is 0 Å². The van der Waals surface area contributed by atoms with E-state index in [0.29, 0.717) is 0 Å². The first-order chi connectivity index (χ1) is 24.3. The van der Waals surface area contributed by atoms with Crippen molar-refractivity contribution in [3.05, 3.63) is 188 Å². The molecular formula is C48H31N. The van der Waals surface area contributed by atoms with Crippen LogP contribution in [-0.2, 0) is 0 Å². The van der Waals surface area contributed by atoms with E-state index in [-0.39, 0.29) is 0 Å². The molecule has 1 heterocycles. The minimum absolute atomic E-state index is 1.16. The highest BCUT2D eigenvalue weighted by molar-refractivity contribution is 6.21. The van der Waals surface area contributed by atoms with E-state index in [4.69, 9.17) is 0 Å². The van der Waals surface area contributed by atoms with Crippen molar-refractivity contribution >= 4 is 54.1 Å². The first-order valence-electron chi connectivity index (χ1n) is 16.9. The van der Waals surface area contributed by atoms with Gasteiger partial charge < -0.3 is 4.57 Å². The lowest BCUT2D eigenvalue weighted by atomic mass is 9.86. The van der Waals surface area contributed by atoms with Gasteiger partial charge >= 0.3 is 0 Å². The van der Waals surface area contributed by atoms with Crippen molar-refractivity contribution in [2.24, 2.45) is 0 Å². The van der Waals surface area contributed by atoms with E-state index >= 15 is 0 Å². The van der Waals surface area contributed by atoms with Gasteiger partial charge in [0, 0.05) is 16.5 Å². The van der Waals surface area contributed by atoms with Crippen LogP contribution in [0.3, 0.4) is 0 Å². The van der Waals surface area contributed by atoms with Crippen molar-refractivity contribution in [2.45, 2.75) is 0 Å². The quantitative estimate of drug-likeness (QED) is 0.172. The second-order valence-electron chi connectivity index (χ2n) is 12.9. The van der Waals surface area contributed by atoms with E-state index < -0.39 is 0 Å². The van der Waals surface area contributed by atoms with Crippen LogP contribution < -0.4 is 0 Å². The molecule has 0 aliphatic heterocycles. The molecule has 228 valence electrons. The maximum absolute atomic E-state index is 2.43. The third-order valence-corrected chi connectivity index (χ3v) is 10.1. The molecule has 10 aromatic rings. The van der Waals surface area contributed by atoms with Gasteiger partial charge in [0.15, 0.2) is 0 Å². The van der Waals surface area contributed by atoms with E-state index in [1.165, 1.54) is 87.5 Å². The summed E-state index contributed by atoms with van der Waals surface area (Å²) in [7, 11) is 0. The Morgan fingerprint density at radius 2 is 0.796 bits per heavy atom. The van der Waals surface area contributed by atoms with Crippen LogP contribution in [0.1, 0.15) is 0 Å². The fraction of sp³-hybridized carbons (Fsp3) is 0. The minimum Gasteiger partial charge on any atom is -0.309 e. The number of nitrogens with zero attached hydrogens (tertiary/aromatic N) is 1. The standard InChI is InChI=1S/C48H31N/c1-2-14-33(15-3-1)47-40-20-6-8-22-42(40)48(43-23-9-7-21-41(43)47)37-17-12-18-38(30-37)49-45-24-11-10-19-39(45)44-31-36(27-28-46(44)49)35-26-25-32-13-4-5-16-34(32)29-35/h1-31H. The molecule has 0 fully saturated rings. The average molecular weight is 622 g/mol. The van der Waals surface area contributed by atoms with Gasteiger partial charge in [-0.15, -0.1) is 0 Å². The molecule has 0 radical (unpaired) electrons. The van der Waals surface area contributed by atoms with Crippen LogP contribution in [0, 0.1) is 0 Å². The Morgan fingerprint density at radius 3 is 1.53 bits per heavy atom. The van der Waals surface area contributed by atoms with Crippen molar-refractivity contribution in [1.82, 2.24) is 4.57 Å². The molecule has 0 N–H and O–H groups in total. The molecule has 0 aliphatic carbocycles. The molecule has 49 heavy (non-hydrogen) atoms. The molecule has 0 unspecified atom stereocenters. The summed E-state index contributed by atoms with van der Waals surface area (Å²) < 4.78 is 2.43.